The van der Waals surface area contributed by atoms with Crippen LogP contribution in [0.1, 0.15) is 52.7 Å². The van der Waals surface area contributed by atoms with Gasteiger partial charge in [-0.25, -0.2) is 0 Å². The van der Waals surface area contributed by atoms with Gasteiger partial charge in [-0.05, 0) is 77.1 Å². The SMILES string of the molecule is CCOC(=S)SC(C)(C)c1ccc(C(C)(C)SC(=S)OCC)cc1. The summed E-state index contributed by atoms with van der Waals surface area (Å²) in [6.45, 7) is 13.7. The maximum Gasteiger partial charge on any atom is 0.220 e. The molecule has 1 rings (SSSR count). The molecule has 0 amide bonds. The number of thioether (sulfide) groups is 2. The zero-order valence-corrected chi connectivity index (χ0v) is 18.4. The van der Waals surface area contributed by atoms with Crippen LogP contribution in [0.2, 0.25) is 0 Å². The Morgan fingerprint density at radius 2 is 1.08 bits per heavy atom. The van der Waals surface area contributed by atoms with Crippen molar-refractivity contribution in [1.29, 1.82) is 0 Å². The van der Waals surface area contributed by atoms with E-state index < -0.39 is 0 Å². The van der Waals surface area contributed by atoms with E-state index in [4.69, 9.17) is 33.9 Å². The number of hydrogen-bond acceptors (Lipinski definition) is 6. The summed E-state index contributed by atoms with van der Waals surface area (Å²) in [5, 5.41) is 0. The molecular formula is C18H26O2S4. The quantitative estimate of drug-likeness (QED) is 0.519. The molecule has 0 bridgehead atoms. The molecule has 0 fully saturated rings. The highest BCUT2D eigenvalue weighted by molar-refractivity contribution is 8.23. The molecule has 0 N–H and O–H groups in total. The summed E-state index contributed by atoms with van der Waals surface area (Å²) in [5.41, 5.74) is 2.43. The minimum Gasteiger partial charge on any atom is -0.479 e. The predicted molar refractivity (Wildman–Crippen MR) is 116 cm³/mol. The third-order valence-corrected chi connectivity index (χ3v) is 6.27. The second kappa shape index (κ2) is 9.41. The highest BCUT2D eigenvalue weighted by Crippen LogP contribution is 2.40. The van der Waals surface area contributed by atoms with Crippen molar-refractivity contribution in [3.8, 4) is 0 Å². The molecule has 24 heavy (non-hydrogen) atoms. The van der Waals surface area contributed by atoms with Gasteiger partial charge in [-0.2, -0.15) is 0 Å². The Kier molecular flexibility index (Phi) is 8.53. The molecule has 0 aromatic heterocycles. The van der Waals surface area contributed by atoms with Crippen LogP contribution in [-0.2, 0) is 19.0 Å². The summed E-state index contributed by atoms with van der Waals surface area (Å²) in [4.78, 5) is 0. The fourth-order valence-corrected chi connectivity index (χ4v) is 5.28. The van der Waals surface area contributed by atoms with Gasteiger partial charge in [0.2, 0.25) is 8.77 Å². The van der Waals surface area contributed by atoms with E-state index in [1.165, 1.54) is 11.1 Å². The lowest BCUT2D eigenvalue weighted by atomic mass is 9.96. The lowest BCUT2D eigenvalue weighted by molar-refractivity contribution is 0.345. The van der Waals surface area contributed by atoms with Gasteiger partial charge in [0.1, 0.15) is 0 Å². The first-order chi connectivity index (χ1) is 11.1. The van der Waals surface area contributed by atoms with E-state index in [-0.39, 0.29) is 9.49 Å². The Balaban J connectivity index is 2.87. The van der Waals surface area contributed by atoms with Gasteiger partial charge < -0.3 is 9.47 Å². The van der Waals surface area contributed by atoms with Crippen molar-refractivity contribution < 1.29 is 9.47 Å². The molecule has 134 valence electrons. The molecule has 0 spiro atoms. The lowest BCUT2D eigenvalue weighted by Gasteiger charge is -2.27. The normalized spacial score (nSPS) is 11.9. The largest absolute Gasteiger partial charge is 0.479 e. The van der Waals surface area contributed by atoms with Crippen molar-refractivity contribution in [2.45, 2.75) is 51.0 Å². The summed E-state index contributed by atoms with van der Waals surface area (Å²) in [6.07, 6.45) is 0. The van der Waals surface area contributed by atoms with Crippen LogP contribution in [0.5, 0.6) is 0 Å². The van der Waals surface area contributed by atoms with Crippen molar-refractivity contribution >= 4 is 56.7 Å². The average molecular weight is 403 g/mol. The van der Waals surface area contributed by atoms with Crippen molar-refractivity contribution in [3.05, 3.63) is 35.4 Å². The lowest BCUT2D eigenvalue weighted by Crippen LogP contribution is -2.18. The molecule has 0 atom stereocenters. The molecular weight excluding hydrogens is 376 g/mol. The second-order valence-electron chi connectivity index (χ2n) is 6.17. The van der Waals surface area contributed by atoms with Gasteiger partial charge in [-0.1, -0.05) is 47.8 Å². The molecule has 0 saturated heterocycles. The summed E-state index contributed by atoms with van der Waals surface area (Å²) in [5.74, 6) is 0. The van der Waals surface area contributed by atoms with Crippen molar-refractivity contribution in [2.75, 3.05) is 13.2 Å². The molecule has 0 aliphatic carbocycles. The number of rotatable bonds is 6. The minimum atomic E-state index is -0.136. The summed E-state index contributed by atoms with van der Waals surface area (Å²) in [6, 6.07) is 8.62. The third-order valence-electron chi connectivity index (χ3n) is 3.48. The maximum atomic E-state index is 5.41. The Bertz CT molecular complexity index is 514. The van der Waals surface area contributed by atoms with Crippen LogP contribution in [0.15, 0.2) is 24.3 Å². The molecule has 0 radical (unpaired) electrons. The number of hydrogen-bond donors (Lipinski definition) is 0. The Hall–Kier alpha value is -0.300. The first kappa shape index (κ1) is 21.7. The van der Waals surface area contributed by atoms with Crippen LogP contribution >= 0.6 is 48.0 Å². The smallest absolute Gasteiger partial charge is 0.220 e. The average Bonchev–Trinajstić information content (AvgIpc) is 2.46. The molecule has 0 heterocycles. The van der Waals surface area contributed by atoms with Gasteiger partial charge in [0.15, 0.2) is 0 Å². The fourth-order valence-electron chi connectivity index (χ4n) is 2.10. The van der Waals surface area contributed by atoms with Crippen LogP contribution in [0, 0.1) is 0 Å². The molecule has 0 unspecified atom stereocenters. The van der Waals surface area contributed by atoms with E-state index in [0.29, 0.717) is 22.0 Å². The Labute approximate surface area is 165 Å². The van der Waals surface area contributed by atoms with Gasteiger partial charge in [0.25, 0.3) is 0 Å². The number of ether oxygens (including phenoxy) is 2. The minimum absolute atomic E-state index is 0.136. The van der Waals surface area contributed by atoms with Crippen LogP contribution in [0.4, 0.5) is 0 Å². The van der Waals surface area contributed by atoms with Gasteiger partial charge in [-0.15, -0.1) is 0 Å². The second-order valence-corrected chi connectivity index (χ2v) is 10.6. The molecule has 1 aromatic rings. The highest BCUT2D eigenvalue weighted by atomic mass is 32.2. The Morgan fingerprint density at radius 1 is 0.792 bits per heavy atom. The fraction of sp³-hybridized carbons (Fsp3) is 0.556. The molecule has 6 heteroatoms. The zero-order valence-electron chi connectivity index (χ0n) is 15.2. The van der Waals surface area contributed by atoms with E-state index in [2.05, 4.69) is 52.0 Å². The standard InChI is InChI=1S/C18H26O2S4/c1-7-19-15(21)23-17(3,4)13-9-11-14(12-10-13)18(5,6)24-16(22)20-8-2/h9-12H,7-8H2,1-6H3. The maximum absolute atomic E-state index is 5.41. The predicted octanol–water partition coefficient (Wildman–Crippen LogP) is 6.27. The van der Waals surface area contributed by atoms with E-state index in [1.54, 1.807) is 23.5 Å². The molecule has 0 aliphatic heterocycles. The third kappa shape index (κ3) is 6.54. The van der Waals surface area contributed by atoms with Crippen LogP contribution < -0.4 is 0 Å². The van der Waals surface area contributed by atoms with Gasteiger partial charge >= 0.3 is 0 Å². The summed E-state index contributed by atoms with van der Waals surface area (Å²) in [7, 11) is 0. The number of thiocarbonyl (C=S) groups is 2. The van der Waals surface area contributed by atoms with Gasteiger partial charge in [0, 0.05) is 9.49 Å². The summed E-state index contributed by atoms with van der Waals surface area (Å²) >= 11 is 13.7. The van der Waals surface area contributed by atoms with E-state index in [9.17, 15) is 0 Å². The first-order valence-electron chi connectivity index (χ1n) is 7.95. The van der Waals surface area contributed by atoms with E-state index in [0.717, 1.165) is 0 Å². The van der Waals surface area contributed by atoms with Gasteiger partial charge in [0.05, 0.1) is 13.2 Å². The first-order valence-corrected chi connectivity index (χ1v) is 10.4. The molecule has 0 aliphatic rings. The zero-order chi connectivity index (χ0) is 18.4. The van der Waals surface area contributed by atoms with Crippen LogP contribution in [-0.4, -0.2) is 22.0 Å². The Morgan fingerprint density at radius 3 is 1.33 bits per heavy atom. The van der Waals surface area contributed by atoms with Crippen LogP contribution in [0.3, 0.4) is 0 Å². The topological polar surface area (TPSA) is 18.5 Å². The van der Waals surface area contributed by atoms with Crippen LogP contribution in [0.25, 0.3) is 0 Å². The molecule has 0 saturated carbocycles. The monoisotopic (exact) mass is 402 g/mol. The molecule has 2 nitrogen and oxygen atoms in total. The van der Waals surface area contributed by atoms with E-state index in [1.807, 2.05) is 13.8 Å². The van der Waals surface area contributed by atoms with Crippen molar-refractivity contribution in [3.63, 3.8) is 0 Å². The van der Waals surface area contributed by atoms with Crippen molar-refractivity contribution in [1.82, 2.24) is 0 Å². The number of benzene rings is 1. The van der Waals surface area contributed by atoms with Crippen molar-refractivity contribution in [2.24, 2.45) is 0 Å². The highest BCUT2D eigenvalue weighted by Gasteiger charge is 2.27. The van der Waals surface area contributed by atoms with E-state index >= 15 is 0 Å². The summed E-state index contributed by atoms with van der Waals surface area (Å²) < 4.78 is 11.7. The van der Waals surface area contributed by atoms with Gasteiger partial charge in [-0.3, -0.25) is 0 Å². The molecule has 1 aromatic carbocycles.